The van der Waals surface area contributed by atoms with Gasteiger partial charge >= 0.3 is 0 Å². The molecule has 1 aliphatic heterocycles. The van der Waals surface area contributed by atoms with Crippen LogP contribution in [0, 0.1) is 0 Å². The van der Waals surface area contributed by atoms with Crippen LogP contribution >= 0.6 is 0 Å². The van der Waals surface area contributed by atoms with Gasteiger partial charge in [0.1, 0.15) is 11.4 Å². The number of ketones is 1. The smallest absolute Gasteiger partial charge is 0.166 e. The number of ether oxygens (including phenoxy) is 1. The van der Waals surface area contributed by atoms with Crippen LogP contribution in [0.15, 0.2) is 23.5 Å². The monoisotopic (exact) mass is 220 g/mol. The number of hydrogen-bond acceptors (Lipinski definition) is 2. The highest BCUT2D eigenvalue weighted by Gasteiger charge is 2.33. The average Bonchev–Trinajstić information content (AvgIpc) is 2.26. The van der Waals surface area contributed by atoms with Crippen molar-refractivity contribution in [3.63, 3.8) is 0 Å². The summed E-state index contributed by atoms with van der Waals surface area (Å²) in [5.41, 5.74) is 0.725. The number of rotatable bonds is 3. The van der Waals surface area contributed by atoms with Crippen LogP contribution in [0.3, 0.4) is 0 Å². The van der Waals surface area contributed by atoms with Crippen molar-refractivity contribution in [1.82, 2.24) is 0 Å². The molecular formula is C14H20O2. The number of carbonyl (C=O) groups excluding carboxylic acids is 1. The summed E-state index contributed by atoms with van der Waals surface area (Å²) in [5.74, 6) is 1.08. The van der Waals surface area contributed by atoms with E-state index in [9.17, 15) is 4.79 Å². The van der Waals surface area contributed by atoms with Crippen molar-refractivity contribution < 1.29 is 9.53 Å². The van der Waals surface area contributed by atoms with Gasteiger partial charge in [0.15, 0.2) is 5.78 Å². The molecular weight excluding hydrogens is 200 g/mol. The van der Waals surface area contributed by atoms with E-state index in [2.05, 4.69) is 26.0 Å². The molecule has 0 amide bonds. The Morgan fingerprint density at radius 2 is 2.25 bits per heavy atom. The number of allylic oxidation sites excluding steroid dienone is 2. The average molecular weight is 220 g/mol. The third-order valence-corrected chi connectivity index (χ3v) is 3.42. The van der Waals surface area contributed by atoms with Gasteiger partial charge in [-0.2, -0.15) is 0 Å². The summed E-state index contributed by atoms with van der Waals surface area (Å²) >= 11 is 0. The van der Waals surface area contributed by atoms with E-state index in [4.69, 9.17) is 4.74 Å². The van der Waals surface area contributed by atoms with Gasteiger partial charge in [-0.05, 0) is 32.3 Å². The van der Waals surface area contributed by atoms with Gasteiger partial charge in [-0.1, -0.05) is 19.4 Å². The minimum atomic E-state index is -0.0943. The van der Waals surface area contributed by atoms with Crippen LogP contribution in [0.1, 0.15) is 52.4 Å². The van der Waals surface area contributed by atoms with Crippen molar-refractivity contribution >= 4 is 5.78 Å². The molecule has 0 spiro atoms. The maximum absolute atomic E-state index is 11.7. The van der Waals surface area contributed by atoms with E-state index in [-0.39, 0.29) is 11.4 Å². The maximum Gasteiger partial charge on any atom is 0.166 e. The third-order valence-electron chi connectivity index (χ3n) is 3.42. The van der Waals surface area contributed by atoms with E-state index in [0.29, 0.717) is 6.42 Å². The molecule has 0 saturated heterocycles. The van der Waals surface area contributed by atoms with E-state index in [1.807, 2.05) is 0 Å². The standard InChI is InChI=1S/C14H20O2/c1-3-4-9-14(2)10-8-11-12(15)6-5-7-13(11)16-14/h7-8H,3-6,9-10H2,1-2H3/t14-/m1/s1. The highest BCUT2D eigenvalue weighted by Crippen LogP contribution is 2.36. The summed E-state index contributed by atoms with van der Waals surface area (Å²) in [6.07, 6.45) is 9.92. The lowest BCUT2D eigenvalue weighted by molar-refractivity contribution is -0.116. The third kappa shape index (κ3) is 2.21. The van der Waals surface area contributed by atoms with Crippen molar-refractivity contribution in [3.8, 4) is 0 Å². The Morgan fingerprint density at radius 1 is 1.44 bits per heavy atom. The maximum atomic E-state index is 11.7. The number of carbonyl (C=O) groups is 1. The molecule has 0 fully saturated rings. The number of Topliss-reactive ketones (excluding diaryl/α,β-unsaturated/α-hetero) is 1. The Labute approximate surface area is 97.4 Å². The molecule has 2 aliphatic rings. The zero-order valence-electron chi connectivity index (χ0n) is 10.2. The fraction of sp³-hybridized carbons (Fsp3) is 0.643. The van der Waals surface area contributed by atoms with Crippen LogP contribution < -0.4 is 0 Å². The van der Waals surface area contributed by atoms with Crippen LogP contribution in [-0.2, 0) is 9.53 Å². The van der Waals surface area contributed by atoms with E-state index in [1.165, 1.54) is 12.8 Å². The molecule has 0 N–H and O–H groups in total. The molecule has 2 nitrogen and oxygen atoms in total. The summed E-state index contributed by atoms with van der Waals surface area (Å²) in [6.45, 7) is 4.34. The summed E-state index contributed by atoms with van der Waals surface area (Å²) in [4.78, 5) is 11.7. The molecule has 2 rings (SSSR count). The lowest BCUT2D eigenvalue weighted by Crippen LogP contribution is -2.33. The molecule has 0 unspecified atom stereocenters. The highest BCUT2D eigenvalue weighted by molar-refractivity contribution is 6.00. The predicted octanol–water partition coefficient (Wildman–Crippen LogP) is 3.53. The molecule has 0 aromatic rings. The van der Waals surface area contributed by atoms with Crippen molar-refractivity contribution in [3.05, 3.63) is 23.5 Å². The van der Waals surface area contributed by atoms with E-state index < -0.39 is 0 Å². The van der Waals surface area contributed by atoms with Gasteiger partial charge in [-0.15, -0.1) is 0 Å². The minimum Gasteiger partial charge on any atom is -0.487 e. The zero-order valence-corrected chi connectivity index (χ0v) is 10.2. The molecule has 2 heteroatoms. The Bertz CT molecular complexity index is 352. The topological polar surface area (TPSA) is 26.3 Å². The largest absolute Gasteiger partial charge is 0.487 e. The predicted molar refractivity (Wildman–Crippen MR) is 64.0 cm³/mol. The lowest BCUT2D eigenvalue weighted by atomic mass is 9.87. The second-order valence-electron chi connectivity index (χ2n) is 5.01. The summed E-state index contributed by atoms with van der Waals surface area (Å²) in [6, 6.07) is 0. The van der Waals surface area contributed by atoms with Crippen LogP contribution in [0.2, 0.25) is 0 Å². The first-order valence-electron chi connectivity index (χ1n) is 6.27. The second kappa shape index (κ2) is 4.44. The quantitative estimate of drug-likeness (QED) is 0.727. The Hall–Kier alpha value is -1.05. The van der Waals surface area contributed by atoms with E-state index in [1.54, 1.807) is 0 Å². The molecule has 0 aromatic carbocycles. The molecule has 88 valence electrons. The molecule has 0 aromatic heterocycles. The van der Waals surface area contributed by atoms with Gasteiger partial charge in [-0.3, -0.25) is 4.79 Å². The zero-order chi connectivity index (χ0) is 11.6. The van der Waals surface area contributed by atoms with Crippen LogP contribution in [-0.4, -0.2) is 11.4 Å². The summed E-state index contributed by atoms with van der Waals surface area (Å²) in [5, 5.41) is 0. The second-order valence-corrected chi connectivity index (χ2v) is 5.01. The Kier molecular flexibility index (Phi) is 3.17. The summed E-state index contributed by atoms with van der Waals surface area (Å²) < 4.78 is 6.02. The highest BCUT2D eigenvalue weighted by atomic mass is 16.5. The van der Waals surface area contributed by atoms with Crippen molar-refractivity contribution in [2.75, 3.05) is 0 Å². The molecule has 0 saturated carbocycles. The molecule has 16 heavy (non-hydrogen) atoms. The number of unbranched alkanes of at least 4 members (excludes halogenated alkanes) is 1. The SMILES string of the molecule is CCCC[C@]1(C)CC=C2C(=O)CCC=C2O1. The molecule has 1 aliphatic carbocycles. The summed E-state index contributed by atoms with van der Waals surface area (Å²) in [7, 11) is 0. The fourth-order valence-electron chi connectivity index (χ4n) is 2.36. The van der Waals surface area contributed by atoms with Crippen molar-refractivity contribution in [1.29, 1.82) is 0 Å². The van der Waals surface area contributed by atoms with Gasteiger partial charge < -0.3 is 4.74 Å². The Balaban J connectivity index is 2.14. The molecule has 0 radical (unpaired) electrons. The molecule has 1 atom stereocenters. The number of hydrogen-bond donors (Lipinski definition) is 0. The van der Waals surface area contributed by atoms with Crippen molar-refractivity contribution in [2.24, 2.45) is 0 Å². The molecule has 1 heterocycles. The van der Waals surface area contributed by atoms with Gasteiger partial charge in [0, 0.05) is 12.8 Å². The van der Waals surface area contributed by atoms with E-state index >= 15 is 0 Å². The first-order chi connectivity index (χ1) is 7.64. The van der Waals surface area contributed by atoms with Crippen LogP contribution in [0.5, 0.6) is 0 Å². The first kappa shape index (κ1) is 11.4. The van der Waals surface area contributed by atoms with E-state index in [0.717, 1.165) is 30.6 Å². The lowest BCUT2D eigenvalue weighted by Gasteiger charge is -2.36. The van der Waals surface area contributed by atoms with Crippen LogP contribution in [0.4, 0.5) is 0 Å². The van der Waals surface area contributed by atoms with Gasteiger partial charge in [0.25, 0.3) is 0 Å². The van der Waals surface area contributed by atoms with Gasteiger partial charge in [-0.25, -0.2) is 0 Å². The minimum absolute atomic E-state index is 0.0943. The molecule has 0 bridgehead atoms. The normalized spacial score (nSPS) is 29.0. The van der Waals surface area contributed by atoms with Crippen LogP contribution in [0.25, 0.3) is 0 Å². The van der Waals surface area contributed by atoms with Gasteiger partial charge in [0.2, 0.25) is 0 Å². The van der Waals surface area contributed by atoms with Gasteiger partial charge in [0.05, 0.1) is 5.57 Å². The van der Waals surface area contributed by atoms with Crippen molar-refractivity contribution in [2.45, 2.75) is 58.0 Å². The number of fused-ring (bicyclic) bond motifs is 1. The Morgan fingerprint density at radius 3 is 3.00 bits per heavy atom. The fourth-order valence-corrected chi connectivity index (χ4v) is 2.36. The first-order valence-corrected chi connectivity index (χ1v) is 6.27.